The Morgan fingerprint density at radius 2 is 2.00 bits per heavy atom. The summed E-state index contributed by atoms with van der Waals surface area (Å²) in [5, 5.41) is 13.9. The molecular formula is C19H24BrNO2. The van der Waals surface area contributed by atoms with E-state index < -0.39 is 5.60 Å². The van der Waals surface area contributed by atoms with E-state index in [1.165, 1.54) is 6.42 Å². The average Bonchev–Trinajstić information content (AvgIpc) is 2.39. The predicted molar refractivity (Wildman–Crippen MR) is 94.2 cm³/mol. The van der Waals surface area contributed by atoms with E-state index in [1.807, 2.05) is 25.1 Å². The number of aryl methyl sites for hydroxylation is 1. The first kappa shape index (κ1) is 15.6. The minimum absolute atomic E-state index is 0.0350. The Morgan fingerprint density at radius 1 is 1.30 bits per heavy atom. The van der Waals surface area contributed by atoms with E-state index in [9.17, 15) is 9.90 Å². The minimum Gasteiger partial charge on any atom is -0.390 e. The maximum atomic E-state index is 12.6. The first-order valence-electron chi connectivity index (χ1n) is 8.63. The van der Waals surface area contributed by atoms with E-state index in [4.69, 9.17) is 0 Å². The molecule has 1 aromatic rings. The summed E-state index contributed by atoms with van der Waals surface area (Å²) in [6.07, 6.45) is 6.80. The Labute approximate surface area is 146 Å². The molecule has 0 spiro atoms. The molecule has 0 aliphatic heterocycles. The maximum Gasteiger partial charge on any atom is 0.224 e. The standard InChI is InChI=1S/C19H24BrNO2/c1-12-4-15(2-3-16(12)20)21-17(22)10-18-6-13-5-14(7-18)9-19(23,8-13)11-18/h2-4,13-14,23H,5-11H2,1H3,(H,21,22)/t13-,14+,18?,19?. The molecule has 3 nitrogen and oxygen atoms in total. The molecule has 0 heterocycles. The molecule has 1 aromatic carbocycles. The summed E-state index contributed by atoms with van der Waals surface area (Å²) in [4.78, 5) is 12.6. The predicted octanol–water partition coefficient (Wildman–Crippen LogP) is 4.42. The molecule has 4 aliphatic carbocycles. The Bertz CT molecular complexity index is 643. The van der Waals surface area contributed by atoms with E-state index in [2.05, 4.69) is 21.2 Å². The minimum atomic E-state index is -0.488. The normalized spacial score (nSPS) is 37.9. The molecule has 4 aliphatic rings. The lowest BCUT2D eigenvalue weighted by Gasteiger charge is -2.60. The molecule has 23 heavy (non-hydrogen) atoms. The summed E-state index contributed by atoms with van der Waals surface area (Å²) in [7, 11) is 0. The van der Waals surface area contributed by atoms with Crippen LogP contribution in [0.2, 0.25) is 0 Å². The van der Waals surface area contributed by atoms with Gasteiger partial charge >= 0.3 is 0 Å². The Hall–Kier alpha value is -0.870. The third-order valence-electron chi connectivity index (χ3n) is 6.13. The maximum absolute atomic E-state index is 12.6. The molecule has 1 amide bonds. The van der Waals surface area contributed by atoms with Crippen LogP contribution in [-0.2, 0) is 4.79 Å². The van der Waals surface area contributed by atoms with Crippen molar-refractivity contribution >= 4 is 27.5 Å². The van der Waals surface area contributed by atoms with Gasteiger partial charge in [0, 0.05) is 16.6 Å². The molecule has 2 N–H and O–H groups in total. The quantitative estimate of drug-likeness (QED) is 0.818. The van der Waals surface area contributed by atoms with Crippen LogP contribution in [0.5, 0.6) is 0 Å². The highest BCUT2D eigenvalue weighted by Crippen LogP contribution is 2.62. The largest absolute Gasteiger partial charge is 0.390 e. The van der Waals surface area contributed by atoms with Crippen LogP contribution in [0.3, 0.4) is 0 Å². The summed E-state index contributed by atoms with van der Waals surface area (Å²) >= 11 is 3.49. The molecule has 0 saturated heterocycles. The lowest BCUT2D eigenvalue weighted by Crippen LogP contribution is -2.56. The first-order valence-corrected chi connectivity index (χ1v) is 9.43. The molecule has 4 fully saturated rings. The van der Waals surface area contributed by atoms with Crippen molar-refractivity contribution in [2.75, 3.05) is 5.32 Å². The number of amides is 1. The van der Waals surface area contributed by atoms with Gasteiger partial charge in [-0.2, -0.15) is 0 Å². The van der Waals surface area contributed by atoms with Crippen molar-refractivity contribution in [2.45, 2.75) is 57.5 Å². The average molecular weight is 378 g/mol. The van der Waals surface area contributed by atoms with Crippen molar-refractivity contribution in [1.82, 2.24) is 0 Å². The number of anilines is 1. The Kier molecular flexibility index (Phi) is 3.62. The zero-order valence-electron chi connectivity index (χ0n) is 13.6. The van der Waals surface area contributed by atoms with Gasteiger partial charge in [-0.1, -0.05) is 15.9 Å². The molecular weight excluding hydrogens is 354 g/mol. The van der Waals surface area contributed by atoms with Gasteiger partial charge in [-0.15, -0.1) is 0 Å². The van der Waals surface area contributed by atoms with E-state index in [-0.39, 0.29) is 11.3 Å². The number of benzene rings is 1. The zero-order valence-corrected chi connectivity index (χ0v) is 15.2. The SMILES string of the molecule is Cc1cc(NC(=O)CC23C[C@@H]4C[C@@H](CC(O)(C4)C2)C3)ccc1Br. The van der Waals surface area contributed by atoms with E-state index in [0.717, 1.165) is 47.8 Å². The van der Waals surface area contributed by atoms with E-state index in [0.29, 0.717) is 18.3 Å². The third kappa shape index (κ3) is 2.96. The van der Waals surface area contributed by atoms with Gasteiger partial charge in [-0.05, 0) is 86.5 Å². The molecule has 5 rings (SSSR count). The van der Waals surface area contributed by atoms with Crippen molar-refractivity contribution in [3.8, 4) is 0 Å². The van der Waals surface area contributed by atoms with Gasteiger partial charge in [0.15, 0.2) is 0 Å². The van der Waals surface area contributed by atoms with Gasteiger partial charge in [0.1, 0.15) is 0 Å². The summed E-state index contributed by atoms with van der Waals surface area (Å²) in [5.74, 6) is 1.35. The van der Waals surface area contributed by atoms with Crippen LogP contribution in [0.25, 0.3) is 0 Å². The van der Waals surface area contributed by atoms with Gasteiger partial charge in [-0.25, -0.2) is 0 Å². The monoisotopic (exact) mass is 377 g/mol. The van der Waals surface area contributed by atoms with Crippen molar-refractivity contribution in [3.63, 3.8) is 0 Å². The van der Waals surface area contributed by atoms with E-state index in [1.54, 1.807) is 0 Å². The van der Waals surface area contributed by atoms with Gasteiger partial charge in [0.05, 0.1) is 5.60 Å². The number of rotatable bonds is 3. The fourth-order valence-electron chi connectivity index (χ4n) is 5.88. The van der Waals surface area contributed by atoms with E-state index >= 15 is 0 Å². The summed E-state index contributed by atoms with van der Waals surface area (Å²) < 4.78 is 1.05. The number of aliphatic hydroxyl groups is 1. The summed E-state index contributed by atoms with van der Waals surface area (Å²) in [6.45, 7) is 2.02. The van der Waals surface area contributed by atoms with Gasteiger partial charge < -0.3 is 10.4 Å². The Balaban J connectivity index is 1.47. The highest BCUT2D eigenvalue weighted by Gasteiger charge is 2.57. The van der Waals surface area contributed by atoms with Crippen LogP contribution in [0, 0.1) is 24.2 Å². The Morgan fingerprint density at radius 3 is 2.61 bits per heavy atom. The molecule has 4 heteroatoms. The summed E-state index contributed by atoms with van der Waals surface area (Å²) in [5.41, 5.74) is 1.53. The van der Waals surface area contributed by atoms with Crippen molar-refractivity contribution in [1.29, 1.82) is 0 Å². The molecule has 4 atom stereocenters. The third-order valence-corrected chi connectivity index (χ3v) is 7.02. The van der Waals surface area contributed by atoms with Crippen LogP contribution < -0.4 is 5.32 Å². The van der Waals surface area contributed by atoms with Crippen LogP contribution in [0.1, 0.15) is 50.5 Å². The van der Waals surface area contributed by atoms with Crippen LogP contribution >= 0.6 is 15.9 Å². The number of halogens is 1. The highest BCUT2D eigenvalue weighted by atomic mass is 79.9. The smallest absolute Gasteiger partial charge is 0.224 e. The molecule has 0 radical (unpaired) electrons. The molecule has 2 unspecified atom stereocenters. The number of carbonyl (C=O) groups is 1. The van der Waals surface area contributed by atoms with Gasteiger partial charge in [-0.3, -0.25) is 4.79 Å². The van der Waals surface area contributed by atoms with Crippen molar-refractivity contribution < 1.29 is 9.90 Å². The zero-order chi connectivity index (χ0) is 16.2. The second-order valence-electron chi connectivity index (χ2n) is 8.37. The number of hydrogen-bond acceptors (Lipinski definition) is 2. The van der Waals surface area contributed by atoms with Crippen LogP contribution in [0.15, 0.2) is 22.7 Å². The van der Waals surface area contributed by atoms with Gasteiger partial charge in [0.2, 0.25) is 5.91 Å². The topological polar surface area (TPSA) is 49.3 Å². The fourth-order valence-corrected chi connectivity index (χ4v) is 6.12. The lowest BCUT2D eigenvalue weighted by molar-refractivity contribution is -0.167. The summed E-state index contributed by atoms with van der Waals surface area (Å²) in [6, 6.07) is 5.90. The first-order chi connectivity index (χ1) is 10.8. The molecule has 4 saturated carbocycles. The molecule has 0 aromatic heterocycles. The molecule has 4 bridgehead atoms. The van der Waals surface area contributed by atoms with Crippen LogP contribution in [-0.4, -0.2) is 16.6 Å². The second-order valence-corrected chi connectivity index (χ2v) is 9.23. The van der Waals surface area contributed by atoms with Crippen LogP contribution in [0.4, 0.5) is 5.69 Å². The molecule has 124 valence electrons. The fraction of sp³-hybridized carbons (Fsp3) is 0.632. The van der Waals surface area contributed by atoms with Crippen molar-refractivity contribution in [3.05, 3.63) is 28.2 Å². The lowest BCUT2D eigenvalue weighted by atomic mass is 9.47. The number of nitrogens with one attached hydrogen (secondary N) is 1. The number of hydrogen-bond donors (Lipinski definition) is 2. The van der Waals surface area contributed by atoms with Gasteiger partial charge in [0.25, 0.3) is 0 Å². The number of carbonyl (C=O) groups excluding carboxylic acids is 1. The van der Waals surface area contributed by atoms with Crippen molar-refractivity contribution in [2.24, 2.45) is 17.3 Å². The highest BCUT2D eigenvalue weighted by molar-refractivity contribution is 9.10. The second kappa shape index (κ2) is 5.32.